The number of nitriles is 1. The minimum absolute atomic E-state index is 0.00199. The highest BCUT2D eigenvalue weighted by Gasteiger charge is 2.32. The largest absolute Gasteiger partial charge is 0.492 e. The molecule has 0 unspecified atom stereocenters. The highest BCUT2D eigenvalue weighted by molar-refractivity contribution is 5.48. The van der Waals surface area contributed by atoms with Gasteiger partial charge in [0.25, 0.3) is 0 Å². The molecule has 0 heterocycles. The smallest absolute Gasteiger partial charge is 0.172 e. The zero-order chi connectivity index (χ0) is 12.5. The van der Waals surface area contributed by atoms with Crippen LogP contribution in [0, 0.1) is 17.1 Å². The summed E-state index contributed by atoms with van der Waals surface area (Å²) in [5, 5.41) is 8.99. The average Bonchev–Trinajstić information content (AvgIpc) is 2.76. The number of methoxy groups -OCH3 is 1. The fourth-order valence-corrected chi connectivity index (χ4v) is 2.47. The first-order valence-corrected chi connectivity index (χ1v) is 5.68. The number of rotatable bonds is 2. The SMILES string of the molecule is COc1c(F)cc(C2(N)CCCC2)cc1C#N. The molecule has 1 saturated carbocycles. The van der Waals surface area contributed by atoms with Gasteiger partial charge >= 0.3 is 0 Å². The Morgan fingerprint density at radius 1 is 1.41 bits per heavy atom. The van der Waals surface area contributed by atoms with Crippen LogP contribution in [0.25, 0.3) is 0 Å². The van der Waals surface area contributed by atoms with E-state index in [2.05, 4.69) is 0 Å². The molecular formula is C13H15FN2O. The van der Waals surface area contributed by atoms with Crippen LogP contribution in [0.5, 0.6) is 5.75 Å². The van der Waals surface area contributed by atoms with Crippen LogP contribution in [-0.4, -0.2) is 7.11 Å². The second-order valence-corrected chi connectivity index (χ2v) is 4.51. The van der Waals surface area contributed by atoms with E-state index >= 15 is 0 Å². The summed E-state index contributed by atoms with van der Waals surface area (Å²) in [6, 6.07) is 4.99. The molecule has 4 heteroatoms. The van der Waals surface area contributed by atoms with Crippen molar-refractivity contribution >= 4 is 0 Å². The van der Waals surface area contributed by atoms with Crippen molar-refractivity contribution in [1.82, 2.24) is 0 Å². The first-order valence-electron chi connectivity index (χ1n) is 5.68. The molecule has 17 heavy (non-hydrogen) atoms. The second kappa shape index (κ2) is 4.34. The molecule has 1 aliphatic carbocycles. The van der Waals surface area contributed by atoms with Gasteiger partial charge in [0.2, 0.25) is 0 Å². The maximum absolute atomic E-state index is 13.8. The molecule has 0 saturated heterocycles. The predicted molar refractivity (Wildman–Crippen MR) is 62.0 cm³/mol. The van der Waals surface area contributed by atoms with Crippen molar-refractivity contribution in [2.24, 2.45) is 5.73 Å². The van der Waals surface area contributed by atoms with E-state index in [1.54, 1.807) is 6.07 Å². The number of ether oxygens (including phenoxy) is 1. The first kappa shape index (κ1) is 11.9. The summed E-state index contributed by atoms with van der Waals surface area (Å²) < 4.78 is 18.7. The molecule has 1 aliphatic rings. The fourth-order valence-electron chi connectivity index (χ4n) is 2.47. The summed E-state index contributed by atoms with van der Waals surface area (Å²) in [5.74, 6) is -0.517. The lowest BCUT2D eigenvalue weighted by molar-refractivity contribution is 0.382. The van der Waals surface area contributed by atoms with Crippen LogP contribution in [0.2, 0.25) is 0 Å². The van der Waals surface area contributed by atoms with E-state index in [0.717, 1.165) is 25.7 Å². The third kappa shape index (κ3) is 1.98. The second-order valence-electron chi connectivity index (χ2n) is 4.51. The van der Waals surface area contributed by atoms with Gasteiger partial charge in [-0.15, -0.1) is 0 Å². The van der Waals surface area contributed by atoms with Crippen molar-refractivity contribution in [2.75, 3.05) is 7.11 Å². The molecule has 2 N–H and O–H groups in total. The predicted octanol–water partition coefficient (Wildman–Crippen LogP) is 2.43. The molecule has 1 aromatic carbocycles. The Labute approximate surface area is 100.0 Å². The zero-order valence-electron chi connectivity index (χ0n) is 9.79. The van der Waals surface area contributed by atoms with E-state index in [-0.39, 0.29) is 11.3 Å². The van der Waals surface area contributed by atoms with Gasteiger partial charge in [0.1, 0.15) is 6.07 Å². The minimum atomic E-state index is -0.515. The molecule has 0 aliphatic heterocycles. The van der Waals surface area contributed by atoms with E-state index in [9.17, 15) is 4.39 Å². The number of benzene rings is 1. The Kier molecular flexibility index (Phi) is 3.03. The van der Waals surface area contributed by atoms with Crippen molar-refractivity contribution < 1.29 is 9.13 Å². The lowest BCUT2D eigenvalue weighted by atomic mass is 9.88. The molecule has 0 atom stereocenters. The summed E-state index contributed by atoms with van der Waals surface area (Å²) in [5.41, 5.74) is 6.67. The van der Waals surface area contributed by atoms with Gasteiger partial charge in [-0.2, -0.15) is 5.26 Å². The van der Waals surface area contributed by atoms with Gasteiger partial charge in [0.05, 0.1) is 12.7 Å². The van der Waals surface area contributed by atoms with Crippen LogP contribution >= 0.6 is 0 Å². The lowest BCUT2D eigenvalue weighted by Gasteiger charge is -2.24. The molecule has 0 aromatic heterocycles. The maximum Gasteiger partial charge on any atom is 0.172 e. The third-order valence-electron chi connectivity index (χ3n) is 3.44. The van der Waals surface area contributed by atoms with Gasteiger partial charge < -0.3 is 10.5 Å². The van der Waals surface area contributed by atoms with Gasteiger partial charge in [-0.3, -0.25) is 0 Å². The summed E-state index contributed by atoms with van der Waals surface area (Å²) in [6.07, 6.45) is 3.77. The summed E-state index contributed by atoms with van der Waals surface area (Å²) in [6.45, 7) is 0. The summed E-state index contributed by atoms with van der Waals surface area (Å²) >= 11 is 0. The van der Waals surface area contributed by atoms with Crippen LogP contribution in [0.15, 0.2) is 12.1 Å². The van der Waals surface area contributed by atoms with Gasteiger partial charge in [-0.25, -0.2) is 4.39 Å². The van der Waals surface area contributed by atoms with E-state index < -0.39 is 11.4 Å². The van der Waals surface area contributed by atoms with E-state index in [0.29, 0.717) is 5.56 Å². The highest BCUT2D eigenvalue weighted by atomic mass is 19.1. The topological polar surface area (TPSA) is 59.0 Å². The Balaban J connectivity index is 2.51. The highest BCUT2D eigenvalue weighted by Crippen LogP contribution is 2.38. The van der Waals surface area contributed by atoms with Crippen molar-refractivity contribution in [2.45, 2.75) is 31.2 Å². The number of hydrogen-bond acceptors (Lipinski definition) is 3. The average molecular weight is 234 g/mol. The normalized spacial score (nSPS) is 17.8. The van der Waals surface area contributed by atoms with Crippen LogP contribution in [0.3, 0.4) is 0 Å². The Morgan fingerprint density at radius 2 is 2.06 bits per heavy atom. The Bertz CT molecular complexity index is 473. The quantitative estimate of drug-likeness (QED) is 0.855. The molecule has 3 nitrogen and oxygen atoms in total. The van der Waals surface area contributed by atoms with Crippen molar-refractivity contribution in [1.29, 1.82) is 5.26 Å². The maximum atomic E-state index is 13.8. The van der Waals surface area contributed by atoms with Crippen LogP contribution in [0.4, 0.5) is 4.39 Å². The Hall–Kier alpha value is -1.60. The van der Waals surface area contributed by atoms with Crippen LogP contribution < -0.4 is 10.5 Å². The fraction of sp³-hybridized carbons (Fsp3) is 0.462. The number of nitrogens with zero attached hydrogens (tertiary/aromatic N) is 1. The first-order chi connectivity index (χ1) is 8.10. The van der Waals surface area contributed by atoms with Crippen molar-refractivity contribution in [3.8, 4) is 11.8 Å². The van der Waals surface area contributed by atoms with Crippen molar-refractivity contribution in [3.05, 3.63) is 29.1 Å². The number of halogens is 1. The molecule has 0 spiro atoms. The number of hydrogen-bond donors (Lipinski definition) is 1. The summed E-state index contributed by atoms with van der Waals surface area (Å²) in [7, 11) is 1.35. The standard InChI is InChI=1S/C13H15FN2O/c1-17-12-9(8-15)6-10(7-11(12)14)13(16)4-2-3-5-13/h6-7H,2-5,16H2,1H3. The molecule has 2 rings (SSSR count). The van der Waals surface area contributed by atoms with Crippen molar-refractivity contribution in [3.63, 3.8) is 0 Å². The summed E-state index contributed by atoms with van der Waals surface area (Å²) in [4.78, 5) is 0. The van der Waals surface area contributed by atoms with Crippen LogP contribution in [-0.2, 0) is 5.54 Å². The lowest BCUT2D eigenvalue weighted by Crippen LogP contribution is -2.33. The molecule has 1 fully saturated rings. The van der Waals surface area contributed by atoms with E-state index in [4.69, 9.17) is 15.7 Å². The molecule has 0 bridgehead atoms. The molecule has 0 amide bonds. The molecule has 0 radical (unpaired) electrons. The monoisotopic (exact) mass is 234 g/mol. The van der Waals surface area contributed by atoms with E-state index in [1.165, 1.54) is 13.2 Å². The zero-order valence-corrected chi connectivity index (χ0v) is 9.79. The van der Waals surface area contributed by atoms with Gasteiger partial charge in [-0.1, -0.05) is 12.8 Å². The van der Waals surface area contributed by atoms with Gasteiger partial charge in [0.15, 0.2) is 11.6 Å². The van der Waals surface area contributed by atoms with E-state index in [1.807, 2.05) is 6.07 Å². The Morgan fingerprint density at radius 3 is 2.59 bits per heavy atom. The van der Waals surface area contributed by atoms with Crippen LogP contribution in [0.1, 0.15) is 36.8 Å². The minimum Gasteiger partial charge on any atom is -0.492 e. The molecule has 90 valence electrons. The van der Waals surface area contributed by atoms with Gasteiger partial charge in [0, 0.05) is 5.54 Å². The third-order valence-corrected chi connectivity index (χ3v) is 3.44. The van der Waals surface area contributed by atoms with Gasteiger partial charge in [-0.05, 0) is 30.5 Å². The molecular weight excluding hydrogens is 219 g/mol. The molecule has 1 aromatic rings. The number of nitrogens with two attached hydrogens (primary N) is 1.